The molecule has 1 N–H and O–H groups in total. The summed E-state index contributed by atoms with van der Waals surface area (Å²) in [6.07, 6.45) is 1.77. The van der Waals surface area contributed by atoms with Crippen molar-refractivity contribution < 1.29 is 27.5 Å². The van der Waals surface area contributed by atoms with E-state index >= 15 is 0 Å². The summed E-state index contributed by atoms with van der Waals surface area (Å²) >= 11 is 0. The number of aryl methyl sites for hydroxylation is 1. The van der Waals surface area contributed by atoms with Gasteiger partial charge in [0.25, 0.3) is 0 Å². The summed E-state index contributed by atoms with van der Waals surface area (Å²) in [6, 6.07) is 11.4. The number of hydrogen-bond donors (Lipinski definition) is 1. The minimum absolute atomic E-state index is 0.152. The Morgan fingerprint density at radius 2 is 1.77 bits per heavy atom. The van der Waals surface area contributed by atoms with Crippen molar-refractivity contribution in [1.29, 1.82) is 0 Å². The van der Waals surface area contributed by atoms with Gasteiger partial charge in [-0.3, -0.25) is 13.9 Å². The fourth-order valence-electron chi connectivity index (χ4n) is 3.54. The molecular formula is C25H35N3O6S. The van der Waals surface area contributed by atoms with E-state index in [0.29, 0.717) is 12.3 Å². The topological polar surface area (TPSA) is 105 Å². The number of nitrogens with one attached hydrogen (secondary N) is 1. The van der Waals surface area contributed by atoms with E-state index in [9.17, 15) is 18.0 Å². The largest absolute Gasteiger partial charge is 0.497 e. The molecule has 0 saturated carbocycles. The minimum Gasteiger partial charge on any atom is -0.497 e. The van der Waals surface area contributed by atoms with Crippen LogP contribution < -0.4 is 19.1 Å². The van der Waals surface area contributed by atoms with Crippen LogP contribution in [0.4, 0.5) is 5.69 Å². The van der Waals surface area contributed by atoms with E-state index in [1.165, 1.54) is 25.2 Å². The van der Waals surface area contributed by atoms with Crippen LogP contribution in [-0.2, 0) is 26.2 Å². The predicted molar refractivity (Wildman–Crippen MR) is 136 cm³/mol. The smallest absolute Gasteiger partial charge is 0.244 e. The number of carbonyl (C=O) groups is 2. The van der Waals surface area contributed by atoms with E-state index in [1.54, 1.807) is 19.1 Å². The molecule has 35 heavy (non-hydrogen) atoms. The molecule has 2 aromatic carbocycles. The Hall–Kier alpha value is -3.27. The lowest BCUT2D eigenvalue weighted by atomic mass is 10.1. The van der Waals surface area contributed by atoms with Gasteiger partial charge in [0.1, 0.15) is 24.1 Å². The molecule has 1 atom stereocenters. The van der Waals surface area contributed by atoms with Crippen LogP contribution in [0.2, 0.25) is 0 Å². The molecular weight excluding hydrogens is 470 g/mol. The van der Waals surface area contributed by atoms with Gasteiger partial charge in [-0.15, -0.1) is 0 Å². The monoisotopic (exact) mass is 505 g/mol. The normalized spacial score (nSPS) is 11.9. The average Bonchev–Trinajstić information content (AvgIpc) is 2.83. The number of benzene rings is 2. The SMILES string of the molecule is CCCNC(=O)[C@@H](C)N(Cc1ccccc1C)C(=O)CN(c1cc(OC)ccc1OC)S(C)(=O)=O. The number of sulfonamides is 1. The third kappa shape index (κ3) is 7.35. The van der Waals surface area contributed by atoms with Crippen LogP contribution >= 0.6 is 0 Å². The van der Waals surface area contributed by atoms with Gasteiger partial charge < -0.3 is 19.7 Å². The number of ether oxygens (including phenoxy) is 2. The molecule has 2 amide bonds. The van der Waals surface area contributed by atoms with Crippen LogP contribution in [0, 0.1) is 6.92 Å². The number of rotatable bonds is 12. The zero-order valence-electron chi connectivity index (χ0n) is 21.2. The molecule has 0 aliphatic carbocycles. The Labute approximate surface area is 208 Å². The summed E-state index contributed by atoms with van der Waals surface area (Å²) in [5.41, 5.74) is 1.99. The maximum Gasteiger partial charge on any atom is 0.244 e. The van der Waals surface area contributed by atoms with Crippen molar-refractivity contribution in [1.82, 2.24) is 10.2 Å². The van der Waals surface area contributed by atoms with Crippen LogP contribution in [0.1, 0.15) is 31.4 Å². The Morgan fingerprint density at radius 3 is 2.34 bits per heavy atom. The van der Waals surface area contributed by atoms with Gasteiger partial charge in [0.2, 0.25) is 21.8 Å². The van der Waals surface area contributed by atoms with Crippen molar-refractivity contribution >= 4 is 27.5 Å². The number of nitrogens with zero attached hydrogens (tertiary/aromatic N) is 2. The highest BCUT2D eigenvalue weighted by Gasteiger charge is 2.31. The zero-order chi connectivity index (χ0) is 26.2. The highest BCUT2D eigenvalue weighted by Crippen LogP contribution is 2.34. The van der Waals surface area contributed by atoms with Crippen LogP contribution in [0.3, 0.4) is 0 Å². The number of anilines is 1. The van der Waals surface area contributed by atoms with Crippen molar-refractivity contribution in [3.05, 3.63) is 53.6 Å². The molecule has 0 bridgehead atoms. The van der Waals surface area contributed by atoms with E-state index in [4.69, 9.17) is 9.47 Å². The summed E-state index contributed by atoms with van der Waals surface area (Å²) in [4.78, 5) is 27.8. The molecule has 0 unspecified atom stereocenters. The predicted octanol–water partition coefficient (Wildman–Crippen LogP) is 2.72. The van der Waals surface area contributed by atoms with Crippen LogP contribution in [-0.4, -0.2) is 64.7 Å². The van der Waals surface area contributed by atoms with Gasteiger partial charge in [-0.25, -0.2) is 8.42 Å². The summed E-state index contributed by atoms with van der Waals surface area (Å²) in [5, 5.41) is 2.82. The van der Waals surface area contributed by atoms with E-state index in [1.807, 2.05) is 38.1 Å². The molecule has 0 heterocycles. The molecule has 0 aromatic heterocycles. The van der Waals surface area contributed by atoms with Gasteiger partial charge >= 0.3 is 0 Å². The van der Waals surface area contributed by atoms with Gasteiger partial charge in [0.15, 0.2) is 0 Å². The lowest BCUT2D eigenvalue weighted by Gasteiger charge is -2.32. The molecule has 2 aromatic rings. The molecule has 2 rings (SSSR count). The maximum absolute atomic E-state index is 13.6. The molecule has 0 spiro atoms. The molecule has 9 nitrogen and oxygen atoms in total. The van der Waals surface area contributed by atoms with Gasteiger partial charge in [-0.2, -0.15) is 0 Å². The average molecular weight is 506 g/mol. The van der Waals surface area contributed by atoms with Crippen molar-refractivity contribution in [3.8, 4) is 11.5 Å². The second-order valence-corrected chi connectivity index (χ2v) is 10.1. The third-order valence-corrected chi connectivity index (χ3v) is 6.78. The van der Waals surface area contributed by atoms with Crippen molar-refractivity contribution in [2.24, 2.45) is 0 Å². The standard InChI is InChI=1S/C25H35N3O6S/c1-7-14-26-25(30)19(3)27(16-20-11-9-8-10-18(20)2)24(29)17-28(35(6,31)32)22-15-21(33-4)12-13-23(22)34-5/h8-13,15,19H,7,14,16-17H2,1-6H3,(H,26,30)/t19-/m1/s1. The Morgan fingerprint density at radius 1 is 1.09 bits per heavy atom. The first-order chi connectivity index (χ1) is 16.5. The molecule has 192 valence electrons. The fourth-order valence-corrected chi connectivity index (χ4v) is 4.38. The quantitative estimate of drug-likeness (QED) is 0.476. The van der Waals surface area contributed by atoms with Crippen LogP contribution in [0.5, 0.6) is 11.5 Å². The first-order valence-corrected chi connectivity index (χ1v) is 13.2. The minimum atomic E-state index is -3.90. The molecule has 0 saturated heterocycles. The molecule has 0 fully saturated rings. The van der Waals surface area contributed by atoms with Crippen molar-refractivity contribution in [2.75, 3.05) is 37.9 Å². The first-order valence-electron chi connectivity index (χ1n) is 11.3. The number of methoxy groups -OCH3 is 2. The van der Waals surface area contributed by atoms with Gasteiger partial charge in [-0.1, -0.05) is 31.2 Å². The van der Waals surface area contributed by atoms with Gasteiger partial charge in [0.05, 0.1) is 26.2 Å². The van der Waals surface area contributed by atoms with E-state index < -0.39 is 28.5 Å². The number of carbonyl (C=O) groups excluding carboxylic acids is 2. The summed E-state index contributed by atoms with van der Waals surface area (Å²) in [6.45, 7) is 5.61. The van der Waals surface area contributed by atoms with Crippen LogP contribution in [0.15, 0.2) is 42.5 Å². The third-order valence-electron chi connectivity index (χ3n) is 5.65. The second kappa shape index (κ2) is 12.4. The van der Waals surface area contributed by atoms with E-state index in [2.05, 4.69) is 5.32 Å². The maximum atomic E-state index is 13.6. The van der Waals surface area contributed by atoms with Crippen molar-refractivity contribution in [2.45, 2.75) is 39.8 Å². The van der Waals surface area contributed by atoms with E-state index in [0.717, 1.165) is 28.1 Å². The van der Waals surface area contributed by atoms with Crippen molar-refractivity contribution in [3.63, 3.8) is 0 Å². The second-order valence-electron chi connectivity index (χ2n) is 8.22. The zero-order valence-corrected chi connectivity index (χ0v) is 22.0. The highest BCUT2D eigenvalue weighted by molar-refractivity contribution is 7.92. The molecule has 0 aliphatic heterocycles. The van der Waals surface area contributed by atoms with Gasteiger partial charge in [0, 0.05) is 19.2 Å². The lowest BCUT2D eigenvalue weighted by molar-refractivity contribution is -0.139. The molecule has 0 aliphatic rings. The lowest BCUT2D eigenvalue weighted by Crippen LogP contribution is -2.51. The van der Waals surface area contributed by atoms with Crippen LogP contribution in [0.25, 0.3) is 0 Å². The highest BCUT2D eigenvalue weighted by atomic mass is 32.2. The fraction of sp³-hybridized carbons (Fsp3) is 0.440. The van der Waals surface area contributed by atoms with Gasteiger partial charge in [-0.05, 0) is 43.5 Å². The Balaban J connectivity index is 2.48. The summed E-state index contributed by atoms with van der Waals surface area (Å²) < 4.78 is 37.2. The summed E-state index contributed by atoms with van der Waals surface area (Å²) in [7, 11) is -1.02. The molecule has 0 radical (unpaired) electrons. The Bertz CT molecular complexity index is 1140. The summed E-state index contributed by atoms with van der Waals surface area (Å²) in [5.74, 6) is -0.157. The first kappa shape index (κ1) is 28.0. The Kier molecular flexibility index (Phi) is 9.94. The number of amides is 2. The number of hydrogen-bond acceptors (Lipinski definition) is 6. The molecule has 10 heteroatoms. The van der Waals surface area contributed by atoms with E-state index in [-0.39, 0.29) is 23.9 Å².